The van der Waals surface area contributed by atoms with E-state index in [0.29, 0.717) is 31.1 Å². The van der Waals surface area contributed by atoms with Gasteiger partial charge in [0, 0.05) is 48.7 Å². The lowest BCUT2D eigenvalue weighted by Gasteiger charge is -2.36. The van der Waals surface area contributed by atoms with Crippen molar-refractivity contribution < 1.29 is 9.53 Å². The summed E-state index contributed by atoms with van der Waals surface area (Å²) in [7, 11) is 1.69. The molecule has 0 atom stereocenters. The second kappa shape index (κ2) is 9.37. The fourth-order valence-corrected chi connectivity index (χ4v) is 4.64. The van der Waals surface area contributed by atoms with Gasteiger partial charge in [-0.1, -0.05) is 42.0 Å². The van der Waals surface area contributed by atoms with Crippen LogP contribution in [0.25, 0.3) is 17.2 Å². The van der Waals surface area contributed by atoms with Crippen LogP contribution in [0, 0.1) is 20.8 Å². The van der Waals surface area contributed by atoms with Crippen molar-refractivity contribution in [3.05, 3.63) is 71.0 Å². The summed E-state index contributed by atoms with van der Waals surface area (Å²) in [5.41, 5.74) is 5.84. The lowest BCUT2D eigenvalue weighted by molar-refractivity contribution is -0.130. The van der Waals surface area contributed by atoms with Gasteiger partial charge < -0.3 is 14.5 Å². The first-order chi connectivity index (χ1) is 16.9. The molecular formula is C27H30N6O2. The molecule has 0 spiro atoms. The topological polar surface area (TPSA) is 75.9 Å². The number of piperazine rings is 1. The second-order valence-electron chi connectivity index (χ2n) is 8.99. The quantitative estimate of drug-likeness (QED) is 0.444. The summed E-state index contributed by atoms with van der Waals surface area (Å²) in [5.74, 6) is 2.15. The minimum atomic E-state index is 0.107. The second-order valence-corrected chi connectivity index (χ2v) is 8.99. The predicted octanol–water partition coefficient (Wildman–Crippen LogP) is 3.62. The molecule has 35 heavy (non-hydrogen) atoms. The molecule has 0 aliphatic carbocycles. The lowest BCUT2D eigenvalue weighted by atomic mass is 10.1. The van der Waals surface area contributed by atoms with Crippen LogP contribution in [0.2, 0.25) is 0 Å². The average Bonchev–Trinajstić information content (AvgIpc) is 3.31. The number of methoxy groups -OCH3 is 1. The van der Waals surface area contributed by atoms with Crippen LogP contribution in [-0.4, -0.2) is 63.7 Å². The van der Waals surface area contributed by atoms with Crippen molar-refractivity contribution in [3.63, 3.8) is 0 Å². The van der Waals surface area contributed by atoms with Gasteiger partial charge in [0.25, 0.3) is 5.78 Å². The normalized spacial score (nSPS) is 13.9. The van der Waals surface area contributed by atoms with Crippen LogP contribution in [-0.2, 0) is 11.2 Å². The molecule has 0 radical (unpaired) electrons. The molecule has 1 aliphatic heterocycles. The minimum absolute atomic E-state index is 0.107. The zero-order chi connectivity index (χ0) is 24.5. The van der Waals surface area contributed by atoms with E-state index in [1.165, 1.54) is 5.56 Å². The highest BCUT2D eigenvalue weighted by Crippen LogP contribution is 2.28. The van der Waals surface area contributed by atoms with Crippen LogP contribution in [0.1, 0.15) is 22.5 Å². The van der Waals surface area contributed by atoms with Crippen LogP contribution in [0.4, 0.5) is 5.69 Å². The van der Waals surface area contributed by atoms with Gasteiger partial charge >= 0.3 is 0 Å². The number of benzene rings is 2. The maximum absolute atomic E-state index is 13.2. The van der Waals surface area contributed by atoms with Gasteiger partial charge in [-0.25, -0.2) is 9.50 Å². The predicted molar refractivity (Wildman–Crippen MR) is 136 cm³/mol. The Hall–Kier alpha value is -3.94. The van der Waals surface area contributed by atoms with E-state index in [-0.39, 0.29) is 5.91 Å². The minimum Gasteiger partial charge on any atom is -0.495 e. The van der Waals surface area contributed by atoms with Gasteiger partial charge in [-0.3, -0.25) is 4.79 Å². The summed E-state index contributed by atoms with van der Waals surface area (Å²) in [6.45, 7) is 8.86. The number of carbonyl (C=O) groups excluding carboxylic acids is 1. The molecule has 5 rings (SSSR count). The molecule has 3 heterocycles. The number of amides is 1. The number of ether oxygens (including phenoxy) is 1. The number of hydrogen-bond acceptors (Lipinski definition) is 6. The molecule has 1 fully saturated rings. The van der Waals surface area contributed by atoms with Gasteiger partial charge in [-0.15, -0.1) is 5.10 Å². The molecule has 1 aliphatic rings. The van der Waals surface area contributed by atoms with Crippen LogP contribution < -0.4 is 9.64 Å². The average molecular weight is 471 g/mol. The van der Waals surface area contributed by atoms with Crippen LogP contribution in [0.3, 0.4) is 0 Å². The van der Waals surface area contributed by atoms with E-state index in [4.69, 9.17) is 9.84 Å². The number of hydrogen-bond donors (Lipinski definition) is 0. The van der Waals surface area contributed by atoms with E-state index in [1.54, 1.807) is 11.6 Å². The lowest BCUT2D eigenvalue weighted by Crippen LogP contribution is -2.49. The van der Waals surface area contributed by atoms with Crippen molar-refractivity contribution in [1.29, 1.82) is 0 Å². The van der Waals surface area contributed by atoms with Crippen LogP contribution >= 0.6 is 0 Å². The third kappa shape index (κ3) is 4.43. The molecule has 2 aromatic heterocycles. The highest BCUT2D eigenvalue weighted by atomic mass is 16.5. The van der Waals surface area contributed by atoms with E-state index in [0.717, 1.165) is 47.0 Å². The first-order valence-electron chi connectivity index (χ1n) is 11.9. The number of carbonyl (C=O) groups is 1. The first-order valence-corrected chi connectivity index (χ1v) is 11.9. The van der Waals surface area contributed by atoms with Crippen molar-refractivity contribution >= 4 is 17.4 Å². The van der Waals surface area contributed by atoms with E-state index < -0.39 is 0 Å². The smallest absolute Gasteiger partial charge is 0.253 e. The molecule has 8 heteroatoms. The Bertz CT molecular complexity index is 1370. The first kappa shape index (κ1) is 22.8. The highest BCUT2D eigenvalue weighted by Gasteiger charge is 2.25. The molecule has 1 amide bonds. The Balaban J connectivity index is 1.32. The molecule has 180 valence electrons. The molecule has 0 N–H and O–H groups in total. The van der Waals surface area contributed by atoms with Crippen molar-refractivity contribution in [2.45, 2.75) is 27.2 Å². The van der Waals surface area contributed by atoms with Gasteiger partial charge in [-0.05, 0) is 32.9 Å². The van der Waals surface area contributed by atoms with Crippen LogP contribution in [0.5, 0.6) is 5.75 Å². The summed E-state index contributed by atoms with van der Waals surface area (Å²) >= 11 is 0. The number of anilines is 1. The summed E-state index contributed by atoms with van der Waals surface area (Å²) in [4.78, 5) is 26.7. The van der Waals surface area contributed by atoms with E-state index in [2.05, 4.69) is 27.9 Å². The zero-order valence-electron chi connectivity index (χ0n) is 20.7. The van der Waals surface area contributed by atoms with Crippen molar-refractivity contribution in [2.24, 2.45) is 0 Å². The molecule has 0 saturated carbocycles. The largest absolute Gasteiger partial charge is 0.495 e. The number of aryl methyl sites for hydroxylation is 3. The molecule has 1 saturated heterocycles. The third-order valence-corrected chi connectivity index (χ3v) is 6.74. The summed E-state index contributed by atoms with van der Waals surface area (Å²) in [5, 5.41) is 4.69. The van der Waals surface area contributed by atoms with Gasteiger partial charge in [0.2, 0.25) is 5.91 Å². The Morgan fingerprint density at radius 1 is 0.943 bits per heavy atom. The van der Waals surface area contributed by atoms with Crippen molar-refractivity contribution in [3.8, 4) is 17.1 Å². The summed E-state index contributed by atoms with van der Waals surface area (Å²) < 4.78 is 7.26. The van der Waals surface area contributed by atoms with E-state index in [1.807, 2.05) is 61.2 Å². The monoisotopic (exact) mass is 470 g/mol. The SMILES string of the molecule is COc1ccccc1N1CCN(C(=O)Cc2c(C)nc3nc(-c4ccc(C)cc4)nn3c2C)CC1. The summed E-state index contributed by atoms with van der Waals surface area (Å²) in [6.07, 6.45) is 0.301. The Morgan fingerprint density at radius 2 is 1.66 bits per heavy atom. The maximum Gasteiger partial charge on any atom is 0.253 e. The molecule has 2 aromatic carbocycles. The number of rotatable bonds is 5. The highest BCUT2D eigenvalue weighted by molar-refractivity contribution is 5.80. The molecular weight excluding hydrogens is 440 g/mol. The van der Waals surface area contributed by atoms with E-state index in [9.17, 15) is 4.79 Å². The maximum atomic E-state index is 13.2. The number of nitrogens with zero attached hydrogens (tertiary/aromatic N) is 6. The fraction of sp³-hybridized carbons (Fsp3) is 0.333. The van der Waals surface area contributed by atoms with Crippen molar-refractivity contribution in [2.75, 3.05) is 38.2 Å². The molecule has 0 unspecified atom stereocenters. The molecule has 8 nitrogen and oxygen atoms in total. The fourth-order valence-electron chi connectivity index (χ4n) is 4.64. The van der Waals surface area contributed by atoms with Crippen molar-refractivity contribution in [1.82, 2.24) is 24.5 Å². The Kier molecular flexibility index (Phi) is 6.11. The van der Waals surface area contributed by atoms with Gasteiger partial charge in [-0.2, -0.15) is 4.98 Å². The molecule has 4 aromatic rings. The molecule has 0 bridgehead atoms. The zero-order valence-corrected chi connectivity index (χ0v) is 20.7. The van der Waals surface area contributed by atoms with Crippen LogP contribution in [0.15, 0.2) is 48.5 Å². The Morgan fingerprint density at radius 3 is 2.37 bits per heavy atom. The van der Waals surface area contributed by atoms with E-state index >= 15 is 0 Å². The number of aromatic nitrogens is 4. The number of fused-ring (bicyclic) bond motifs is 1. The summed E-state index contributed by atoms with van der Waals surface area (Å²) in [6, 6.07) is 16.1. The third-order valence-electron chi connectivity index (χ3n) is 6.74. The number of para-hydroxylation sites is 2. The van der Waals surface area contributed by atoms with Gasteiger partial charge in [0.05, 0.1) is 19.2 Å². The standard InChI is InChI=1S/C27H30N6O2/c1-18-9-11-21(12-10-18)26-29-27-28-19(2)22(20(3)33(27)30-26)17-25(34)32-15-13-31(14-16-32)23-7-5-6-8-24(23)35-4/h5-12H,13-17H2,1-4H3. The van der Waals surface area contributed by atoms with Gasteiger partial charge in [0.15, 0.2) is 5.82 Å². The van der Waals surface area contributed by atoms with Gasteiger partial charge in [0.1, 0.15) is 5.75 Å². The Labute approximate surface area is 205 Å².